The van der Waals surface area contributed by atoms with E-state index >= 15 is 0 Å². The molecule has 3 N–H and O–H groups in total. The highest BCUT2D eigenvalue weighted by Crippen LogP contribution is 2.10. The first kappa shape index (κ1) is 11.4. The molecular weight excluding hydrogens is 192 g/mol. The monoisotopic (exact) mass is 206 g/mol. The molecule has 0 aliphatic rings. The first-order valence-corrected chi connectivity index (χ1v) is 4.68. The smallest absolute Gasteiger partial charge is 0.240 e. The zero-order valence-corrected chi connectivity index (χ0v) is 8.78. The summed E-state index contributed by atoms with van der Waals surface area (Å²) >= 11 is 0. The summed E-state index contributed by atoms with van der Waals surface area (Å²) in [7, 11) is 0. The van der Waals surface area contributed by atoms with Crippen LogP contribution in [0.4, 0.5) is 5.69 Å². The molecule has 0 aromatic heterocycles. The first-order valence-electron chi connectivity index (χ1n) is 4.68. The second kappa shape index (κ2) is 4.70. The second-order valence-electron chi connectivity index (χ2n) is 3.41. The van der Waals surface area contributed by atoms with Crippen molar-refractivity contribution in [2.45, 2.75) is 19.9 Å². The first-order chi connectivity index (χ1) is 7.00. The average molecular weight is 206 g/mol. The number of benzene rings is 1. The van der Waals surface area contributed by atoms with Crippen molar-refractivity contribution < 1.29 is 9.59 Å². The Hall–Kier alpha value is -1.68. The number of nitrogens with two attached hydrogens (primary N) is 1. The van der Waals surface area contributed by atoms with Gasteiger partial charge in [-0.1, -0.05) is 0 Å². The van der Waals surface area contributed by atoms with Gasteiger partial charge in [-0.05, 0) is 38.1 Å². The molecule has 15 heavy (non-hydrogen) atoms. The van der Waals surface area contributed by atoms with Gasteiger partial charge in [0.05, 0.1) is 6.04 Å². The van der Waals surface area contributed by atoms with E-state index in [1.165, 1.54) is 6.92 Å². The third kappa shape index (κ3) is 3.18. The summed E-state index contributed by atoms with van der Waals surface area (Å²) in [6.07, 6.45) is 0. The maximum absolute atomic E-state index is 11.2. The van der Waals surface area contributed by atoms with Gasteiger partial charge in [0, 0.05) is 11.3 Å². The Bertz CT molecular complexity index is 369. The van der Waals surface area contributed by atoms with Crippen molar-refractivity contribution in [1.29, 1.82) is 0 Å². The lowest BCUT2D eigenvalue weighted by Gasteiger charge is -2.07. The van der Waals surface area contributed by atoms with E-state index in [-0.39, 0.29) is 11.7 Å². The van der Waals surface area contributed by atoms with Crippen molar-refractivity contribution in [1.82, 2.24) is 0 Å². The van der Waals surface area contributed by atoms with Crippen LogP contribution in [-0.4, -0.2) is 17.7 Å². The topological polar surface area (TPSA) is 72.2 Å². The number of Topliss-reactive ketones (excluding diaryl/α,β-unsaturated/α-hetero) is 1. The summed E-state index contributed by atoms with van der Waals surface area (Å²) in [6, 6.07) is 6.14. The van der Waals surface area contributed by atoms with E-state index in [1.54, 1.807) is 31.2 Å². The van der Waals surface area contributed by atoms with E-state index in [4.69, 9.17) is 5.73 Å². The molecule has 1 unspecified atom stereocenters. The summed E-state index contributed by atoms with van der Waals surface area (Å²) in [5, 5.41) is 2.63. The molecule has 0 saturated heterocycles. The van der Waals surface area contributed by atoms with E-state index in [0.717, 1.165) is 0 Å². The van der Waals surface area contributed by atoms with Crippen LogP contribution in [0.15, 0.2) is 24.3 Å². The van der Waals surface area contributed by atoms with Crippen LogP contribution in [0.5, 0.6) is 0 Å². The number of nitrogens with one attached hydrogen (secondary N) is 1. The fraction of sp³-hybridized carbons (Fsp3) is 0.273. The largest absolute Gasteiger partial charge is 0.325 e. The van der Waals surface area contributed by atoms with Gasteiger partial charge < -0.3 is 11.1 Å². The van der Waals surface area contributed by atoms with E-state index in [1.807, 2.05) is 0 Å². The summed E-state index contributed by atoms with van der Waals surface area (Å²) in [4.78, 5) is 22.2. The summed E-state index contributed by atoms with van der Waals surface area (Å²) < 4.78 is 0. The van der Waals surface area contributed by atoms with Crippen LogP contribution < -0.4 is 11.1 Å². The van der Waals surface area contributed by atoms with E-state index in [9.17, 15) is 9.59 Å². The third-order valence-electron chi connectivity index (χ3n) is 1.97. The predicted molar refractivity (Wildman–Crippen MR) is 58.7 cm³/mol. The Morgan fingerprint density at radius 3 is 2.20 bits per heavy atom. The molecule has 1 atom stereocenters. The number of anilines is 1. The highest BCUT2D eigenvalue weighted by molar-refractivity contribution is 5.96. The molecule has 1 rings (SSSR count). The number of amides is 1. The van der Waals surface area contributed by atoms with E-state index in [0.29, 0.717) is 11.3 Å². The van der Waals surface area contributed by atoms with Crippen LogP contribution in [0.1, 0.15) is 24.2 Å². The molecule has 4 nitrogen and oxygen atoms in total. The average Bonchev–Trinajstić information content (AvgIpc) is 2.18. The zero-order valence-electron chi connectivity index (χ0n) is 8.78. The van der Waals surface area contributed by atoms with Crippen molar-refractivity contribution in [3.05, 3.63) is 29.8 Å². The summed E-state index contributed by atoms with van der Waals surface area (Å²) in [5.74, 6) is -0.245. The van der Waals surface area contributed by atoms with Crippen molar-refractivity contribution >= 4 is 17.4 Å². The van der Waals surface area contributed by atoms with Crippen LogP contribution in [0.25, 0.3) is 0 Å². The Morgan fingerprint density at radius 2 is 1.80 bits per heavy atom. The van der Waals surface area contributed by atoms with Crippen molar-refractivity contribution in [2.75, 3.05) is 5.32 Å². The SMILES string of the molecule is CC(=O)c1ccc(NC(=O)C(C)N)cc1. The van der Waals surface area contributed by atoms with Gasteiger partial charge in [0.1, 0.15) is 0 Å². The highest BCUT2D eigenvalue weighted by Gasteiger charge is 2.07. The number of hydrogen-bond donors (Lipinski definition) is 2. The maximum Gasteiger partial charge on any atom is 0.240 e. The minimum absolute atomic E-state index is 0.0000643. The highest BCUT2D eigenvalue weighted by atomic mass is 16.2. The van der Waals surface area contributed by atoms with Gasteiger partial charge in [0.2, 0.25) is 5.91 Å². The molecule has 0 saturated carbocycles. The Morgan fingerprint density at radius 1 is 1.27 bits per heavy atom. The molecule has 1 amide bonds. The molecule has 1 aromatic carbocycles. The fourth-order valence-electron chi connectivity index (χ4n) is 1.04. The van der Waals surface area contributed by atoms with Gasteiger partial charge in [-0.25, -0.2) is 0 Å². The number of carbonyl (C=O) groups is 2. The number of rotatable bonds is 3. The van der Waals surface area contributed by atoms with Crippen LogP contribution in [0.3, 0.4) is 0 Å². The molecule has 0 fully saturated rings. The van der Waals surface area contributed by atoms with Crippen LogP contribution in [-0.2, 0) is 4.79 Å². The summed E-state index contributed by atoms with van der Waals surface area (Å²) in [5.41, 5.74) is 6.66. The minimum atomic E-state index is -0.544. The Kier molecular flexibility index (Phi) is 3.57. The molecule has 1 aromatic rings. The predicted octanol–water partition coefficient (Wildman–Crippen LogP) is 1.17. The lowest BCUT2D eigenvalue weighted by molar-refractivity contribution is -0.117. The van der Waals surface area contributed by atoms with E-state index in [2.05, 4.69) is 5.32 Å². The third-order valence-corrected chi connectivity index (χ3v) is 1.97. The van der Waals surface area contributed by atoms with Gasteiger partial charge >= 0.3 is 0 Å². The lowest BCUT2D eigenvalue weighted by Crippen LogP contribution is -2.32. The molecule has 0 heterocycles. The minimum Gasteiger partial charge on any atom is -0.325 e. The zero-order chi connectivity index (χ0) is 11.4. The van der Waals surface area contributed by atoms with Gasteiger partial charge in [-0.15, -0.1) is 0 Å². The normalized spacial score (nSPS) is 11.9. The van der Waals surface area contributed by atoms with Gasteiger partial charge in [0.25, 0.3) is 0 Å². The summed E-state index contributed by atoms with van der Waals surface area (Å²) in [6.45, 7) is 3.11. The van der Waals surface area contributed by atoms with Crippen LogP contribution in [0.2, 0.25) is 0 Å². The number of ketones is 1. The molecular formula is C11H14N2O2. The lowest BCUT2D eigenvalue weighted by atomic mass is 10.1. The molecule has 0 bridgehead atoms. The standard InChI is InChI=1S/C11H14N2O2/c1-7(12)11(15)13-10-5-3-9(4-6-10)8(2)14/h3-7H,12H2,1-2H3,(H,13,15). The molecule has 4 heteroatoms. The van der Waals surface area contributed by atoms with Crippen LogP contribution >= 0.6 is 0 Å². The molecule has 0 spiro atoms. The molecule has 80 valence electrons. The van der Waals surface area contributed by atoms with Crippen molar-refractivity contribution in [3.63, 3.8) is 0 Å². The Balaban J connectivity index is 2.73. The van der Waals surface area contributed by atoms with Crippen LogP contribution in [0, 0.1) is 0 Å². The number of hydrogen-bond acceptors (Lipinski definition) is 3. The van der Waals surface area contributed by atoms with E-state index < -0.39 is 6.04 Å². The molecule has 0 aliphatic heterocycles. The molecule has 0 radical (unpaired) electrons. The number of carbonyl (C=O) groups excluding carboxylic acids is 2. The van der Waals surface area contributed by atoms with Gasteiger partial charge in [-0.2, -0.15) is 0 Å². The van der Waals surface area contributed by atoms with Crippen molar-refractivity contribution in [2.24, 2.45) is 5.73 Å². The quantitative estimate of drug-likeness (QED) is 0.729. The Labute approximate surface area is 88.5 Å². The maximum atomic E-state index is 11.2. The second-order valence-corrected chi connectivity index (χ2v) is 3.41. The van der Waals surface area contributed by atoms with Gasteiger partial charge in [-0.3, -0.25) is 9.59 Å². The fourth-order valence-corrected chi connectivity index (χ4v) is 1.04. The van der Waals surface area contributed by atoms with Gasteiger partial charge in [0.15, 0.2) is 5.78 Å². The van der Waals surface area contributed by atoms with Crippen molar-refractivity contribution in [3.8, 4) is 0 Å². The molecule has 0 aliphatic carbocycles.